The van der Waals surface area contributed by atoms with E-state index in [0.29, 0.717) is 32.8 Å². The van der Waals surface area contributed by atoms with Crippen LogP contribution in [-0.4, -0.2) is 24.7 Å². The minimum atomic E-state index is -0.409. The van der Waals surface area contributed by atoms with Crippen molar-refractivity contribution in [1.29, 1.82) is 0 Å². The van der Waals surface area contributed by atoms with Gasteiger partial charge < -0.3 is 19.9 Å². The molecule has 2 aromatic carbocycles. The number of para-hydroxylation sites is 1. The molecule has 0 aliphatic heterocycles. The molecule has 0 radical (unpaired) electrons. The molecule has 2 rings (SSSR count). The Morgan fingerprint density at radius 1 is 1.17 bits per heavy atom. The maximum absolute atomic E-state index is 12.0. The fourth-order valence-corrected chi connectivity index (χ4v) is 2.36. The van der Waals surface area contributed by atoms with Crippen molar-refractivity contribution in [2.75, 3.05) is 19.0 Å². The molecule has 23 heavy (non-hydrogen) atoms. The number of aliphatic hydroxyl groups is 1. The number of amides is 1. The Morgan fingerprint density at radius 3 is 2.48 bits per heavy atom. The Bertz CT molecular complexity index is 686. The van der Waals surface area contributed by atoms with Gasteiger partial charge >= 0.3 is 0 Å². The van der Waals surface area contributed by atoms with Crippen LogP contribution >= 0.6 is 23.2 Å². The number of halogens is 2. The third-order valence-electron chi connectivity index (χ3n) is 3.00. The number of aliphatic hydroxyl groups excluding tert-OH is 1. The standard InChI is InChI=1S/C16H15Cl2NO4/c1-22-14-7-10(8-20)5-6-13(14)23-9-15(21)19-16-11(17)3-2-4-12(16)18/h2-7,20H,8-9H2,1H3,(H,19,21). The van der Waals surface area contributed by atoms with Crippen LogP contribution in [0.2, 0.25) is 10.0 Å². The van der Waals surface area contributed by atoms with E-state index >= 15 is 0 Å². The second kappa shape index (κ2) is 8.06. The SMILES string of the molecule is COc1cc(CO)ccc1OCC(=O)Nc1c(Cl)cccc1Cl. The molecule has 5 nitrogen and oxygen atoms in total. The van der Waals surface area contributed by atoms with Gasteiger partial charge in [0, 0.05) is 0 Å². The maximum Gasteiger partial charge on any atom is 0.262 e. The minimum absolute atomic E-state index is 0.109. The summed E-state index contributed by atoms with van der Waals surface area (Å²) < 4.78 is 10.6. The number of benzene rings is 2. The van der Waals surface area contributed by atoms with Crippen LogP contribution in [0.3, 0.4) is 0 Å². The molecule has 0 saturated heterocycles. The van der Waals surface area contributed by atoms with Gasteiger partial charge in [0.25, 0.3) is 5.91 Å². The molecule has 0 aromatic heterocycles. The first-order valence-corrected chi connectivity index (χ1v) is 7.45. The largest absolute Gasteiger partial charge is 0.493 e. The van der Waals surface area contributed by atoms with E-state index in [0.717, 1.165) is 0 Å². The van der Waals surface area contributed by atoms with E-state index in [-0.39, 0.29) is 13.2 Å². The molecular weight excluding hydrogens is 341 g/mol. The quantitative estimate of drug-likeness (QED) is 0.831. The van der Waals surface area contributed by atoms with Gasteiger partial charge in [-0.3, -0.25) is 4.79 Å². The molecule has 0 unspecified atom stereocenters. The third kappa shape index (κ3) is 4.51. The predicted molar refractivity (Wildman–Crippen MR) is 89.5 cm³/mol. The van der Waals surface area contributed by atoms with Gasteiger partial charge in [-0.05, 0) is 29.8 Å². The Morgan fingerprint density at radius 2 is 1.87 bits per heavy atom. The molecular formula is C16H15Cl2NO4. The first kappa shape index (κ1) is 17.4. The Kier molecular flexibility index (Phi) is 6.10. The summed E-state index contributed by atoms with van der Waals surface area (Å²) in [6.07, 6.45) is 0. The van der Waals surface area contributed by atoms with Crippen molar-refractivity contribution in [3.63, 3.8) is 0 Å². The van der Waals surface area contributed by atoms with E-state index in [1.807, 2.05) is 0 Å². The summed E-state index contributed by atoms with van der Waals surface area (Å²) in [7, 11) is 1.48. The smallest absolute Gasteiger partial charge is 0.262 e. The highest BCUT2D eigenvalue weighted by Gasteiger charge is 2.12. The first-order valence-electron chi connectivity index (χ1n) is 6.69. The highest BCUT2D eigenvalue weighted by atomic mass is 35.5. The molecule has 0 heterocycles. The highest BCUT2D eigenvalue weighted by Crippen LogP contribution is 2.30. The van der Waals surface area contributed by atoms with Gasteiger partial charge in [-0.25, -0.2) is 0 Å². The van der Waals surface area contributed by atoms with Crippen LogP contribution in [0.15, 0.2) is 36.4 Å². The summed E-state index contributed by atoms with van der Waals surface area (Å²) in [5.74, 6) is 0.415. The third-order valence-corrected chi connectivity index (χ3v) is 3.63. The lowest BCUT2D eigenvalue weighted by Gasteiger charge is -2.12. The zero-order chi connectivity index (χ0) is 16.8. The number of nitrogens with one attached hydrogen (secondary N) is 1. The summed E-state index contributed by atoms with van der Waals surface area (Å²) in [5, 5.41) is 12.4. The van der Waals surface area contributed by atoms with E-state index in [1.54, 1.807) is 36.4 Å². The summed E-state index contributed by atoms with van der Waals surface area (Å²) in [6.45, 7) is -0.349. The fourth-order valence-electron chi connectivity index (χ4n) is 1.87. The monoisotopic (exact) mass is 355 g/mol. The van der Waals surface area contributed by atoms with Crippen molar-refractivity contribution in [3.05, 3.63) is 52.0 Å². The van der Waals surface area contributed by atoms with Crippen molar-refractivity contribution >= 4 is 34.8 Å². The lowest BCUT2D eigenvalue weighted by molar-refractivity contribution is -0.118. The van der Waals surface area contributed by atoms with Crippen molar-refractivity contribution in [2.45, 2.75) is 6.61 Å². The zero-order valence-electron chi connectivity index (χ0n) is 12.3. The molecule has 0 aliphatic rings. The molecule has 122 valence electrons. The molecule has 1 amide bonds. The summed E-state index contributed by atoms with van der Waals surface area (Å²) in [4.78, 5) is 12.0. The van der Waals surface area contributed by atoms with Crippen LogP contribution in [0, 0.1) is 0 Å². The van der Waals surface area contributed by atoms with Gasteiger partial charge in [-0.2, -0.15) is 0 Å². The second-order valence-electron chi connectivity index (χ2n) is 4.58. The molecule has 0 fully saturated rings. The van der Waals surface area contributed by atoms with Gasteiger partial charge in [0.1, 0.15) is 0 Å². The number of hydrogen-bond acceptors (Lipinski definition) is 4. The van der Waals surface area contributed by atoms with Crippen molar-refractivity contribution in [3.8, 4) is 11.5 Å². The van der Waals surface area contributed by atoms with Crippen molar-refractivity contribution in [1.82, 2.24) is 0 Å². The van der Waals surface area contributed by atoms with Gasteiger partial charge in [-0.15, -0.1) is 0 Å². The molecule has 0 atom stereocenters. The zero-order valence-corrected chi connectivity index (χ0v) is 13.8. The lowest BCUT2D eigenvalue weighted by Crippen LogP contribution is -2.20. The van der Waals surface area contributed by atoms with E-state index in [4.69, 9.17) is 37.8 Å². The summed E-state index contributed by atoms with van der Waals surface area (Å²) in [5.41, 5.74) is 1.02. The van der Waals surface area contributed by atoms with Crippen LogP contribution in [0.1, 0.15) is 5.56 Å². The van der Waals surface area contributed by atoms with E-state index in [9.17, 15) is 4.79 Å². The van der Waals surface area contributed by atoms with E-state index < -0.39 is 5.91 Å². The van der Waals surface area contributed by atoms with Crippen LogP contribution in [-0.2, 0) is 11.4 Å². The number of carbonyl (C=O) groups excluding carboxylic acids is 1. The lowest BCUT2D eigenvalue weighted by atomic mass is 10.2. The Hall–Kier alpha value is -1.95. The average molecular weight is 356 g/mol. The number of carbonyl (C=O) groups is 1. The fraction of sp³-hybridized carbons (Fsp3) is 0.188. The van der Waals surface area contributed by atoms with E-state index in [2.05, 4.69) is 5.32 Å². The number of anilines is 1. The topological polar surface area (TPSA) is 67.8 Å². The van der Waals surface area contributed by atoms with Crippen LogP contribution in [0.4, 0.5) is 5.69 Å². The molecule has 2 N–H and O–H groups in total. The average Bonchev–Trinajstić information content (AvgIpc) is 2.56. The molecule has 7 heteroatoms. The molecule has 0 bridgehead atoms. The molecule has 2 aromatic rings. The van der Waals surface area contributed by atoms with Crippen LogP contribution < -0.4 is 14.8 Å². The van der Waals surface area contributed by atoms with Crippen molar-refractivity contribution in [2.24, 2.45) is 0 Å². The molecule has 0 spiro atoms. The second-order valence-corrected chi connectivity index (χ2v) is 5.39. The molecule has 0 saturated carbocycles. The number of methoxy groups -OCH3 is 1. The first-order chi connectivity index (χ1) is 11.0. The van der Waals surface area contributed by atoms with Crippen LogP contribution in [0.5, 0.6) is 11.5 Å². The Labute approximate surface area is 143 Å². The van der Waals surface area contributed by atoms with Gasteiger partial charge in [0.2, 0.25) is 0 Å². The number of hydrogen-bond donors (Lipinski definition) is 2. The number of ether oxygens (including phenoxy) is 2. The minimum Gasteiger partial charge on any atom is -0.493 e. The van der Waals surface area contributed by atoms with Crippen LogP contribution in [0.25, 0.3) is 0 Å². The van der Waals surface area contributed by atoms with Gasteiger partial charge in [-0.1, -0.05) is 35.3 Å². The highest BCUT2D eigenvalue weighted by molar-refractivity contribution is 6.39. The molecule has 0 aliphatic carbocycles. The van der Waals surface area contributed by atoms with Crippen molar-refractivity contribution < 1.29 is 19.4 Å². The van der Waals surface area contributed by atoms with Gasteiger partial charge in [0.15, 0.2) is 18.1 Å². The predicted octanol–water partition coefficient (Wildman–Crippen LogP) is 3.51. The Balaban J connectivity index is 2.02. The normalized spacial score (nSPS) is 10.3. The number of rotatable bonds is 6. The van der Waals surface area contributed by atoms with E-state index in [1.165, 1.54) is 7.11 Å². The summed E-state index contributed by atoms with van der Waals surface area (Å²) in [6, 6.07) is 9.88. The summed E-state index contributed by atoms with van der Waals surface area (Å²) >= 11 is 12.0. The maximum atomic E-state index is 12.0. The van der Waals surface area contributed by atoms with Gasteiger partial charge in [0.05, 0.1) is 29.4 Å².